The van der Waals surface area contributed by atoms with Crippen molar-refractivity contribution in [2.45, 2.75) is 6.92 Å². The topological polar surface area (TPSA) is 0 Å². The predicted octanol–water partition coefficient (Wildman–Crippen LogP) is 8.98. The summed E-state index contributed by atoms with van der Waals surface area (Å²) in [6, 6.07) is 33.9. The van der Waals surface area contributed by atoms with E-state index in [0.717, 1.165) is 0 Å². The fourth-order valence-electron chi connectivity index (χ4n) is 5.11. The number of aryl methyl sites for hydroxylation is 1. The summed E-state index contributed by atoms with van der Waals surface area (Å²) in [5.41, 5.74) is 1.31. The van der Waals surface area contributed by atoms with Crippen LogP contribution in [0.5, 0.6) is 0 Å². The van der Waals surface area contributed by atoms with E-state index in [4.69, 9.17) is 0 Å². The van der Waals surface area contributed by atoms with Crippen molar-refractivity contribution in [1.29, 1.82) is 0 Å². The zero-order chi connectivity index (χ0) is 19.8. The molecule has 0 nitrogen and oxygen atoms in total. The molecule has 0 bridgehead atoms. The van der Waals surface area contributed by atoms with Crippen LogP contribution in [0.2, 0.25) is 0 Å². The smallest absolute Gasteiger partial charge is 0.0362 e. The quantitative estimate of drug-likeness (QED) is 0.224. The third-order valence-corrected chi connectivity index (χ3v) is 7.59. The Morgan fingerprint density at radius 3 is 1.97 bits per heavy atom. The summed E-state index contributed by atoms with van der Waals surface area (Å²) in [4.78, 5) is 0. The van der Waals surface area contributed by atoms with E-state index in [1.807, 2.05) is 11.3 Å². The molecule has 0 amide bonds. The molecule has 0 fully saturated rings. The van der Waals surface area contributed by atoms with Gasteiger partial charge in [-0.3, -0.25) is 0 Å². The minimum Gasteiger partial charge on any atom is -0.135 e. The van der Waals surface area contributed by atoms with E-state index in [2.05, 4.69) is 97.9 Å². The van der Waals surface area contributed by atoms with Crippen molar-refractivity contribution in [2.24, 2.45) is 0 Å². The van der Waals surface area contributed by atoms with E-state index in [1.165, 1.54) is 68.8 Å². The minimum atomic E-state index is 1.31. The monoisotopic (exact) mass is 398 g/mol. The summed E-state index contributed by atoms with van der Waals surface area (Å²) in [6.45, 7) is 2.18. The molecule has 1 heteroatoms. The Hall–Kier alpha value is -3.42. The summed E-state index contributed by atoms with van der Waals surface area (Å²) < 4.78 is 2.73. The van der Waals surface area contributed by atoms with Gasteiger partial charge in [0.1, 0.15) is 0 Å². The molecule has 0 spiro atoms. The Balaban J connectivity index is 1.78. The zero-order valence-electron chi connectivity index (χ0n) is 16.6. The lowest BCUT2D eigenvalue weighted by Gasteiger charge is -2.11. The second kappa shape index (κ2) is 5.81. The molecule has 0 saturated carbocycles. The van der Waals surface area contributed by atoms with Crippen LogP contribution in [-0.2, 0) is 0 Å². The van der Waals surface area contributed by atoms with Gasteiger partial charge in [0.05, 0.1) is 0 Å². The molecule has 1 heterocycles. The highest BCUT2D eigenvalue weighted by Gasteiger charge is 2.14. The molecule has 0 aliphatic heterocycles. The second-order valence-corrected chi connectivity index (χ2v) is 9.33. The molecule has 30 heavy (non-hydrogen) atoms. The summed E-state index contributed by atoms with van der Waals surface area (Å²) in [5.74, 6) is 0. The maximum Gasteiger partial charge on any atom is 0.0362 e. The molecule has 0 unspecified atom stereocenters. The fourth-order valence-corrected chi connectivity index (χ4v) is 6.25. The first-order chi connectivity index (χ1) is 14.8. The van der Waals surface area contributed by atoms with Gasteiger partial charge in [-0.15, -0.1) is 11.3 Å². The lowest BCUT2D eigenvalue weighted by Crippen LogP contribution is -1.84. The van der Waals surface area contributed by atoms with Crippen molar-refractivity contribution in [3.63, 3.8) is 0 Å². The molecule has 6 aromatic carbocycles. The lowest BCUT2D eigenvalue weighted by molar-refractivity contribution is 1.51. The Bertz CT molecular complexity index is 1800. The van der Waals surface area contributed by atoms with E-state index in [9.17, 15) is 0 Å². The summed E-state index contributed by atoms with van der Waals surface area (Å²) in [5, 5.41) is 13.5. The van der Waals surface area contributed by atoms with Gasteiger partial charge in [0.15, 0.2) is 0 Å². The molecule has 0 aliphatic rings. The molecule has 0 N–H and O–H groups in total. The van der Waals surface area contributed by atoms with Gasteiger partial charge in [0, 0.05) is 20.2 Å². The first-order valence-corrected chi connectivity index (χ1v) is 11.2. The largest absolute Gasteiger partial charge is 0.135 e. The van der Waals surface area contributed by atoms with Crippen LogP contribution in [-0.4, -0.2) is 0 Å². The maximum absolute atomic E-state index is 2.44. The number of hydrogen-bond donors (Lipinski definition) is 0. The Kier molecular flexibility index (Phi) is 3.17. The molecule has 0 atom stereocenters. The molecule has 0 aliphatic carbocycles. The van der Waals surface area contributed by atoms with Gasteiger partial charge in [-0.25, -0.2) is 0 Å². The highest BCUT2D eigenvalue weighted by molar-refractivity contribution is 7.26. The van der Waals surface area contributed by atoms with Crippen molar-refractivity contribution in [3.8, 4) is 0 Å². The van der Waals surface area contributed by atoms with Gasteiger partial charge >= 0.3 is 0 Å². The van der Waals surface area contributed by atoms with Gasteiger partial charge < -0.3 is 0 Å². The molecule has 140 valence electrons. The molecule has 7 aromatic rings. The van der Waals surface area contributed by atoms with Crippen molar-refractivity contribution in [3.05, 3.63) is 96.6 Å². The predicted molar refractivity (Wildman–Crippen MR) is 134 cm³/mol. The highest BCUT2D eigenvalue weighted by atomic mass is 32.1. The van der Waals surface area contributed by atoms with E-state index < -0.39 is 0 Å². The van der Waals surface area contributed by atoms with Crippen LogP contribution in [0.4, 0.5) is 0 Å². The third kappa shape index (κ3) is 2.10. The molecular formula is C29H18S. The van der Waals surface area contributed by atoms with Crippen LogP contribution >= 0.6 is 11.3 Å². The van der Waals surface area contributed by atoms with E-state index >= 15 is 0 Å². The normalized spacial score (nSPS) is 12.2. The van der Waals surface area contributed by atoms with Crippen molar-refractivity contribution in [1.82, 2.24) is 0 Å². The molecule has 0 radical (unpaired) electrons. The number of hydrogen-bond acceptors (Lipinski definition) is 1. The van der Waals surface area contributed by atoms with Crippen LogP contribution in [0.3, 0.4) is 0 Å². The SMILES string of the molecule is Cc1ccc2c(c1)c1ccccc1c1cc3c(cc21)sc1ccc2ccccc2c13. The third-order valence-electron chi connectivity index (χ3n) is 6.47. The Labute approximate surface area is 178 Å². The average Bonchev–Trinajstić information content (AvgIpc) is 3.16. The van der Waals surface area contributed by atoms with Gasteiger partial charge in [-0.05, 0) is 68.2 Å². The van der Waals surface area contributed by atoms with Gasteiger partial charge in [0.2, 0.25) is 0 Å². The van der Waals surface area contributed by atoms with E-state index in [-0.39, 0.29) is 0 Å². The maximum atomic E-state index is 2.44. The summed E-state index contributed by atoms with van der Waals surface area (Å²) >= 11 is 1.91. The van der Waals surface area contributed by atoms with Crippen LogP contribution < -0.4 is 0 Å². The fraction of sp³-hybridized carbons (Fsp3) is 0.0345. The van der Waals surface area contributed by atoms with E-state index in [0.29, 0.717) is 0 Å². The Morgan fingerprint density at radius 2 is 1.13 bits per heavy atom. The average molecular weight is 399 g/mol. The summed E-state index contributed by atoms with van der Waals surface area (Å²) in [7, 11) is 0. The van der Waals surface area contributed by atoms with Gasteiger partial charge in [0.25, 0.3) is 0 Å². The number of rotatable bonds is 0. The minimum absolute atomic E-state index is 1.31. The summed E-state index contributed by atoms with van der Waals surface area (Å²) in [6.07, 6.45) is 0. The highest BCUT2D eigenvalue weighted by Crippen LogP contribution is 2.43. The van der Waals surface area contributed by atoms with Crippen LogP contribution in [0.15, 0.2) is 91.0 Å². The Morgan fingerprint density at radius 1 is 0.467 bits per heavy atom. The number of thiophene rings is 1. The second-order valence-electron chi connectivity index (χ2n) is 8.25. The van der Waals surface area contributed by atoms with Crippen LogP contribution in [0, 0.1) is 6.92 Å². The standard InChI is InChI=1S/C29H18S/c1-17-10-12-22-23(14-17)20-8-4-5-9-21(20)24-15-26-28(16-25(22)24)30-27-13-11-18-6-2-3-7-19(18)29(26)27/h2-16H,1H3. The molecular weight excluding hydrogens is 380 g/mol. The van der Waals surface area contributed by atoms with Crippen LogP contribution in [0.25, 0.3) is 63.3 Å². The van der Waals surface area contributed by atoms with E-state index in [1.54, 1.807) is 0 Å². The number of benzene rings is 6. The first-order valence-electron chi connectivity index (χ1n) is 10.4. The molecule has 1 aromatic heterocycles. The van der Waals surface area contributed by atoms with Crippen molar-refractivity contribution < 1.29 is 0 Å². The molecule has 0 saturated heterocycles. The van der Waals surface area contributed by atoms with Crippen molar-refractivity contribution in [2.75, 3.05) is 0 Å². The lowest BCUT2D eigenvalue weighted by atomic mass is 9.92. The van der Waals surface area contributed by atoms with Gasteiger partial charge in [-0.2, -0.15) is 0 Å². The zero-order valence-corrected chi connectivity index (χ0v) is 17.4. The number of fused-ring (bicyclic) bond motifs is 11. The van der Waals surface area contributed by atoms with Gasteiger partial charge in [-0.1, -0.05) is 78.4 Å². The molecule has 7 rings (SSSR count). The van der Waals surface area contributed by atoms with Crippen LogP contribution in [0.1, 0.15) is 5.56 Å². The first kappa shape index (κ1) is 16.4. The van der Waals surface area contributed by atoms with Crippen molar-refractivity contribution >= 4 is 74.6 Å².